The van der Waals surface area contributed by atoms with E-state index < -0.39 is 0 Å². The van der Waals surface area contributed by atoms with Crippen LogP contribution in [0.3, 0.4) is 0 Å². The maximum atomic E-state index is 13.0. The lowest BCUT2D eigenvalue weighted by Crippen LogP contribution is -2.16. The van der Waals surface area contributed by atoms with Crippen molar-refractivity contribution in [3.63, 3.8) is 0 Å². The van der Waals surface area contributed by atoms with E-state index in [-0.39, 0.29) is 11.5 Å². The van der Waals surface area contributed by atoms with Crippen LogP contribution >= 0.6 is 11.8 Å². The highest BCUT2D eigenvalue weighted by molar-refractivity contribution is 7.99. The topological polar surface area (TPSA) is 75.5 Å². The third-order valence-corrected chi connectivity index (χ3v) is 6.44. The number of fused-ring (bicyclic) bond motifs is 1. The molecule has 5 rings (SSSR count). The lowest BCUT2D eigenvalue weighted by atomic mass is 10.1. The van der Waals surface area contributed by atoms with E-state index in [9.17, 15) is 4.79 Å². The molecule has 0 saturated carbocycles. The molecule has 1 aliphatic rings. The second-order valence-electron chi connectivity index (χ2n) is 7.89. The van der Waals surface area contributed by atoms with Gasteiger partial charge >= 0.3 is 0 Å². The highest BCUT2D eigenvalue weighted by Crippen LogP contribution is 2.32. The highest BCUT2D eigenvalue weighted by atomic mass is 32.2. The number of hydrogen-bond acceptors (Lipinski definition) is 7. The average molecular weight is 488 g/mol. The fourth-order valence-electron chi connectivity index (χ4n) is 3.83. The molecule has 178 valence electrons. The van der Waals surface area contributed by atoms with Gasteiger partial charge in [0.1, 0.15) is 24.8 Å². The first-order valence-electron chi connectivity index (χ1n) is 11.5. The SMILES string of the molecule is CCOc1ccc(-n2c(Cc3ccccc3)nnc2SCC(=O)c2ccc3c(c2)OCCO3)cc1. The molecule has 0 N–H and O–H groups in total. The Morgan fingerprint density at radius 1 is 0.971 bits per heavy atom. The first-order chi connectivity index (χ1) is 17.2. The van der Waals surface area contributed by atoms with Crippen LogP contribution in [0.15, 0.2) is 78.0 Å². The molecule has 0 aliphatic carbocycles. The summed E-state index contributed by atoms with van der Waals surface area (Å²) in [4.78, 5) is 13.0. The molecule has 35 heavy (non-hydrogen) atoms. The molecule has 0 atom stereocenters. The van der Waals surface area contributed by atoms with Gasteiger partial charge < -0.3 is 14.2 Å². The number of ether oxygens (including phenoxy) is 3. The lowest BCUT2D eigenvalue weighted by molar-refractivity contribution is 0.102. The van der Waals surface area contributed by atoms with Crippen molar-refractivity contribution in [2.45, 2.75) is 18.5 Å². The van der Waals surface area contributed by atoms with Crippen LogP contribution in [0.2, 0.25) is 0 Å². The number of rotatable bonds is 9. The highest BCUT2D eigenvalue weighted by Gasteiger charge is 2.19. The van der Waals surface area contributed by atoms with Crippen LogP contribution in [0.5, 0.6) is 17.2 Å². The standard InChI is InChI=1S/C27H25N3O4S/c1-2-32-22-11-9-21(10-12-22)30-26(16-19-6-4-3-5-7-19)28-29-27(30)35-18-23(31)20-8-13-24-25(17-20)34-15-14-33-24/h3-13,17H,2,14-16,18H2,1H3. The van der Waals surface area contributed by atoms with E-state index in [0.29, 0.717) is 48.5 Å². The van der Waals surface area contributed by atoms with E-state index in [2.05, 4.69) is 22.3 Å². The molecule has 0 unspecified atom stereocenters. The van der Waals surface area contributed by atoms with Crippen LogP contribution in [-0.2, 0) is 6.42 Å². The molecular formula is C27H25N3O4S. The number of nitrogens with zero attached hydrogens (tertiary/aromatic N) is 3. The molecule has 0 bridgehead atoms. The zero-order chi connectivity index (χ0) is 24.0. The zero-order valence-corrected chi connectivity index (χ0v) is 20.2. The molecule has 7 nitrogen and oxygen atoms in total. The number of carbonyl (C=O) groups is 1. The third-order valence-electron chi connectivity index (χ3n) is 5.51. The second kappa shape index (κ2) is 10.7. The number of thioether (sulfide) groups is 1. The molecule has 1 aromatic heterocycles. The Kier molecular flexibility index (Phi) is 6.99. The predicted octanol–water partition coefficient (Wildman–Crippen LogP) is 5.00. The van der Waals surface area contributed by atoms with Gasteiger partial charge in [-0.1, -0.05) is 42.1 Å². The monoisotopic (exact) mass is 487 g/mol. The average Bonchev–Trinajstić information content (AvgIpc) is 3.30. The minimum atomic E-state index is -0.0159. The smallest absolute Gasteiger partial charge is 0.196 e. The fraction of sp³-hybridized carbons (Fsp3) is 0.222. The van der Waals surface area contributed by atoms with Gasteiger partial charge in [0, 0.05) is 17.7 Å². The van der Waals surface area contributed by atoms with Gasteiger partial charge in [0.25, 0.3) is 0 Å². The Hall–Kier alpha value is -3.78. The van der Waals surface area contributed by atoms with E-state index >= 15 is 0 Å². The van der Waals surface area contributed by atoms with Crippen LogP contribution in [0.1, 0.15) is 28.7 Å². The minimum absolute atomic E-state index is 0.0159. The molecule has 0 saturated heterocycles. The molecule has 0 amide bonds. The van der Waals surface area contributed by atoms with Crippen molar-refractivity contribution < 1.29 is 19.0 Å². The van der Waals surface area contributed by atoms with E-state index in [1.807, 2.05) is 54.0 Å². The van der Waals surface area contributed by atoms with Gasteiger partial charge in [-0.25, -0.2) is 0 Å². The van der Waals surface area contributed by atoms with Crippen LogP contribution in [0.4, 0.5) is 0 Å². The van der Waals surface area contributed by atoms with Gasteiger partial charge in [-0.2, -0.15) is 0 Å². The van der Waals surface area contributed by atoms with Crippen molar-refractivity contribution in [2.75, 3.05) is 25.6 Å². The lowest BCUT2D eigenvalue weighted by Gasteiger charge is -2.18. The molecule has 8 heteroatoms. The summed E-state index contributed by atoms with van der Waals surface area (Å²) in [6.45, 7) is 3.56. The number of hydrogen-bond donors (Lipinski definition) is 0. The summed E-state index contributed by atoms with van der Waals surface area (Å²) >= 11 is 1.36. The summed E-state index contributed by atoms with van der Waals surface area (Å²) in [5.74, 6) is 3.08. The molecular weight excluding hydrogens is 462 g/mol. The normalized spacial score (nSPS) is 12.4. The maximum absolute atomic E-state index is 13.0. The van der Waals surface area contributed by atoms with Crippen molar-refractivity contribution in [3.05, 3.63) is 89.7 Å². The predicted molar refractivity (Wildman–Crippen MR) is 134 cm³/mol. The Labute approximate surface area is 208 Å². The van der Waals surface area contributed by atoms with Crippen LogP contribution in [0, 0.1) is 0 Å². The van der Waals surface area contributed by atoms with Crippen molar-refractivity contribution in [1.29, 1.82) is 0 Å². The number of ketones is 1. The summed E-state index contributed by atoms with van der Waals surface area (Å²) < 4.78 is 18.8. The van der Waals surface area contributed by atoms with E-state index in [1.54, 1.807) is 18.2 Å². The van der Waals surface area contributed by atoms with E-state index in [0.717, 1.165) is 22.8 Å². The first-order valence-corrected chi connectivity index (χ1v) is 12.5. The van der Waals surface area contributed by atoms with Gasteiger partial charge in [-0.15, -0.1) is 10.2 Å². The van der Waals surface area contributed by atoms with Gasteiger partial charge in [0.2, 0.25) is 0 Å². The first kappa shape index (κ1) is 23.0. The number of aromatic nitrogens is 3. The quantitative estimate of drug-likeness (QED) is 0.243. The molecule has 3 aromatic carbocycles. The Morgan fingerprint density at radius 3 is 2.51 bits per heavy atom. The van der Waals surface area contributed by atoms with Crippen LogP contribution < -0.4 is 14.2 Å². The van der Waals surface area contributed by atoms with Crippen LogP contribution in [0.25, 0.3) is 5.69 Å². The van der Waals surface area contributed by atoms with Crippen molar-refractivity contribution in [1.82, 2.24) is 14.8 Å². The Balaban J connectivity index is 1.39. The molecule has 0 radical (unpaired) electrons. The van der Waals surface area contributed by atoms with Gasteiger partial charge in [0.15, 0.2) is 22.4 Å². The van der Waals surface area contributed by atoms with E-state index in [1.165, 1.54) is 11.8 Å². The Morgan fingerprint density at radius 2 is 1.74 bits per heavy atom. The maximum Gasteiger partial charge on any atom is 0.196 e. The molecule has 4 aromatic rings. The fourth-order valence-corrected chi connectivity index (χ4v) is 4.70. The number of carbonyl (C=O) groups excluding carboxylic acids is 1. The van der Waals surface area contributed by atoms with Gasteiger partial charge in [0.05, 0.1) is 12.4 Å². The Bertz CT molecular complexity index is 1310. The van der Waals surface area contributed by atoms with Crippen molar-refractivity contribution in [2.24, 2.45) is 0 Å². The van der Waals surface area contributed by atoms with Crippen molar-refractivity contribution >= 4 is 17.5 Å². The number of Topliss-reactive ketones (excluding diaryl/α,β-unsaturated/α-hetero) is 1. The summed E-state index contributed by atoms with van der Waals surface area (Å²) in [6, 6.07) is 23.3. The third kappa shape index (κ3) is 5.33. The second-order valence-corrected chi connectivity index (χ2v) is 8.84. The van der Waals surface area contributed by atoms with E-state index in [4.69, 9.17) is 14.2 Å². The van der Waals surface area contributed by atoms with Gasteiger partial charge in [-0.3, -0.25) is 9.36 Å². The van der Waals surface area contributed by atoms with Crippen LogP contribution in [-0.4, -0.2) is 46.1 Å². The summed E-state index contributed by atoms with van der Waals surface area (Å²) in [7, 11) is 0. The number of benzene rings is 3. The minimum Gasteiger partial charge on any atom is -0.494 e. The van der Waals surface area contributed by atoms with Crippen molar-refractivity contribution in [3.8, 4) is 22.9 Å². The molecule has 0 fully saturated rings. The molecule has 2 heterocycles. The molecule has 0 spiro atoms. The largest absolute Gasteiger partial charge is 0.494 e. The summed E-state index contributed by atoms with van der Waals surface area (Å²) in [5, 5.41) is 9.56. The summed E-state index contributed by atoms with van der Waals surface area (Å²) in [6.07, 6.45) is 0.623. The summed E-state index contributed by atoms with van der Waals surface area (Å²) in [5.41, 5.74) is 2.63. The zero-order valence-electron chi connectivity index (χ0n) is 19.3. The molecule has 1 aliphatic heterocycles. The van der Waals surface area contributed by atoms with Gasteiger partial charge in [-0.05, 0) is 55.0 Å².